The summed E-state index contributed by atoms with van der Waals surface area (Å²) in [5.74, 6) is 0.240. The summed E-state index contributed by atoms with van der Waals surface area (Å²) >= 11 is 5.90. The van der Waals surface area contributed by atoms with Crippen molar-refractivity contribution in [3.8, 4) is 5.75 Å². The quantitative estimate of drug-likeness (QED) is 0.586. The zero-order chi connectivity index (χ0) is 11.4. The van der Waals surface area contributed by atoms with Gasteiger partial charge in [-0.15, -0.1) is 0 Å². The van der Waals surface area contributed by atoms with Crippen molar-refractivity contribution in [3.05, 3.63) is 28.3 Å². The van der Waals surface area contributed by atoms with E-state index in [-0.39, 0.29) is 16.4 Å². The van der Waals surface area contributed by atoms with Gasteiger partial charge in [-0.2, -0.15) is 0 Å². The molecule has 0 spiro atoms. The maximum atomic E-state index is 11.2. The first-order chi connectivity index (χ1) is 7.10. The van der Waals surface area contributed by atoms with Crippen LogP contribution in [0.25, 0.3) is 0 Å². The molecule has 0 heterocycles. The molecule has 1 rings (SSSR count). The minimum Gasteiger partial charge on any atom is -0.492 e. The molecule has 0 unspecified atom stereocenters. The second-order valence-corrected chi connectivity index (χ2v) is 3.36. The molecule has 0 aliphatic rings. The van der Waals surface area contributed by atoms with Gasteiger partial charge in [0.15, 0.2) is 12.1 Å². The van der Waals surface area contributed by atoms with Crippen molar-refractivity contribution in [3.63, 3.8) is 0 Å². The fraction of sp³-hybridized carbons (Fsp3) is 0.273. The van der Waals surface area contributed by atoms with Crippen molar-refractivity contribution in [1.29, 1.82) is 0 Å². The topological polar surface area (TPSA) is 43.4 Å². The zero-order valence-corrected chi connectivity index (χ0v) is 9.30. The Hall–Kier alpha value is -1.35. The molecule has 15 heavy (non-hydrogen) atoms. The zero-order valence-electron chi connectivity index (χ0n) is 8.54. The highest BCUT2D eigenvalue weighted by molar-refractivity contribution is 6.34. The Morgan fingerprint density at radius 2 is 2.20 bits per heavy atom. The fourth-order valence-electron chi connectivity index (χ4n) is 1.17. The van der Waals surface area contributed by atoms with Crippen molar-refractivity contribution in [1.82, 2.24) is 0 Å². The third-order valence-corrected chi connectivity index (χ3v) is 2.31. The third kappa shape index (κ3) is 2.57. The van der Waals surface area contributed by atoms with E-state index in [4.69, 9.17) is 16.3 Å². The van der Waals surface area contributed by atoms with Crippen molar-refractivity contribution in [2.45, 2.75) is 13.8 Å². The molecule has 80 valence electrons. The average Bonchev–Trinajstić information content (AvgIpc) is 2.21. The molecule has 0 saturated heterocycles. The highest BCUT2D eigenvalue weighted by Gasteiger charge is 2.11. The standard InChI is InChI=1S/C11H11ClO3/c1-3-15-10-5-8(7(2)14)4-9(6-13)11(10)12/h4-6H,3H2,1-2H3. The average molecular weight is 227 g/mol. The molecule has 1 aromatic carbocycles. The Labute approximate surface area is 93.0 Å². The van der Waals surface area contributed by atoms with E-state index >= 15 is 0 Å². The molecule has 4 heteroatoms. The van der Waals surface area contributed by atoms with Gasteiger partial charge in [-0.3, -0.25) is 9.59 Å². The van der Waals surface area contributed by atoms with E-state index in [1.54, 1.807) is 13.0 Å². The molecule has 0 aliphatic carbocycles. The molecule has 1 aromatic rings. The maximum Gasteiger partial charge on any atom is 0.159 e. The predicted octanol–water partition coefficient (Wildman–Crippen LogP) is 2.75. The van der Waals surface area contributed by atoms with Crippen molar-refractivity contribution < 1.29 is 14.3 Å². The summed E-state index contributed by atoms with van der Waals surface area (Å²) in [6, 6.07) is 3.00. The van der Waals surface area contributed by atoms with Gasteiger partial charge in [0.05, 0.1) is 11.6 Å². The normalized spacial score (nSPS) is 9.80. The van der Waals surface area contributed by atoms with Gasteiger partial charge in [-0.25, -0.2) is 0 Å². The SMILES string of the molecule is CCOc1cc(C(C)=O)cc(C=O)c1Cl. The Morgan fingerprint density at radius 3 is 2.67 bits per heavy atom. The number of carbonyl (C=O) groups excluding carboxylic acids is 2. The summed E-state index contributed by atoms with van der Waals surface area (Å²) in [5, 5.41) is 0.247. The maximum absolute atomic E-state index is 11.2. The van der Waals surface area contributed by atoms with Gasteiger partial charge in [-0.05, 0) is 26.0 Å². The largest absolute Gasteiger partial charge is 0.492 e. The fourth-order valence-corrected chi connectivity index (χ4v) is 1.38. The lowest BCUT2D eigenvalue weighted by Crippen LogP contribution is -2.00. The molecular formula is C11H11ClO3. The number of hydrogen-bond acceptors (Lipinski definition) is 3. The van der Waals surface area contributed by atoms with E-state index in [1.807, 2.05) is 0 Å². The van der Waals surface area contributed by atoms with Gasteiger partial charge >= 0.3 is 0 Å². The highest BCUT2D eigenvalue weighted by Crippen LogP contribution is 2.29. The molecule has 0 radical (unpaired) electrons. The number of ether oxygens (including phenoxy) is 1. The van der Waals surface area contributed by atoms with Gasteiger partial charge in [0.2, 0.25) is 0 Å². The lowest BCUT2D eigenvalue weighted by Gasteiger charge is -2.08. The van der Waals surface area contributed by atoms with E-state index in [1.165, 1.54) is 13.0 Å². The second kappa shape index (κ2) is 4.94. The summed E-state index contributed by atoms with van der Waals surface area (Å²) in [5.41, 5.74) is 0.692. The van der Waals surface area contributed by atoms with E-state index in [2.05, 4.69) is 0 Å². The molecule has 0 fully saturated rings. The van der Waals surface area contributed by atoms with Crippen LogP contribution >= 0.6 is 11.6 Å². The van der Waals surface area contributed by atoms with E-state index in [9.17, 15) is 9.59 Å². The molecule has 0 amide bonds. The van der Waals surface area contributed by atoms with Gasteiger partial charge in [0.25, 0.3) is 0 Å². The second-order valence-electron chi connectivity index (χ2n) is 2.98. The monoisotopic (exact) mass is 226 g/mol. The third-order valence-electron chi connectivity index (χ3n) is 1.90. The lowest BCUT2D eigenvalue weighted by molar-refractivity contribution is 0.101. The molecule has 0 bridgehead atoms. The van der Waals surface area contributed by atoms with Gasteiger partial charge in [0, 0.05) is 11.1 Å². The first-order valence-corrected chi connectivity index (χ1v) is 4.90. The van der Waals surface area contributed by atoms with Crippen LogP contribution in [0.2, 0.25) is 5.02 Å². The van der Waals surface area contributed by atoms with Crippen LogP contribution in [-0.4, -0.2) is 18.7 Å². The first-order valence-electron chi connectivity index (χ1n) is 4.52. The van der Waals surface area contributed by atoms with Crippen LogP contribution in [0.1, 0.15) is 34.6 Å². The van der Waals surface area contributed by atoms with Crippen LogP contribution in [0.4, 0.5) is 0 Å². The first kappa shape index (κ1) is 11.7. The molecule has 3 nitrogen and oxygen atoms in total. The molecule has 0 N–H and O–H groups in total. The number of hydrogen-bond donors (Lipinski definition) is 0. The van der Waals surface area contributed by atoms with Crippen LogP contribution in [0.15, 0.2) is 12.1 Å². The molecular weight excluding hydrogens is 216 g/mol. The Balaban J connectivity index is 3.31. The molecule has 0 aliphatic heterocycles. The molecule has 0 aromatic heterocycles. The van der Waals surface area contributed by atoms with Crippen LogP contribution in [0, 0.1) is 0 Å². The number of ketones is 1. The lowest BCUT2D eigenvalue weighted by atomic mass is 10.1. The highest BCUT2D eigenvalue weighted by atomic mass is 35.5. The van der Waals surface area contributed by atoms with E-state index in [0.29, 0.717) is 24.2 Å². The predicted molar refractivity (Wildman–Crippen MR) is 58.0 cm³/mol. The smallest absolute Gasteiger partial charge is 0.159 e. The summed E-state index contributed by atoms with van der Waals surface area (Å²) in [6.45, 7) is 3.66. The van der Waals surface area contributed by atoms with Crippen molar-refractivity contribution in [2.24, 2.45) is 0 Å². The molecule has 0 saturated carbocycles. The van der Waals surface area contributed by atoms with E-state index < -0.39 is 0 Å². The number of aldehydes is 1. The molecule has 0 atom stereocenters. The minimum absolute atomic E-state index is 0.129. The Kier molecular flexibility index (Phi) is 3.86. The van der Waals surface area contributed by atoms with Crippen LogP contribution in [-0.2, 0) is 0 Å². The Bertz CT molecular complexity index is 399. The summed E-state index contributed by atoms with van der Waals surface area (Å²) in [4.78, 5) is 21.9. The van der Waals surface area contributed by atoms with Crippen molar-refractivity contribution in [2.75, 3.05) is 6.61 Å². The summed E-state index contributed by atoms with van der Waals surface area (Å²) in [7, 11) is 0. The van der Waals surface area contributed by atoms with Crippen LogP contribution < -0.4 is 4.74 Å². The van der Waals surface area contributed by atoms with Crippen LogP contribution in [0.3, 0.4) is 0 Å². The van der Waals surface area contributed by atoms with Crippen molar-refractivity contribution >= 4 is 23.7 Å². The number of Topliss-reactive ketones (excluding diaryl/α,β-unsaturated/α-hetero) is 1. The number of benzene rings is 1. The van der Waals surface area contributed by atoms with E-state index in [0.717, 1.165) is 0 Å². The van der Waals surface area contributed by atoms with Gasteiger partial charge in [-0.1, -0.05) is 11.6 Å². The number of carbonyl (C=O) groups is 2. The number of halogens is 1. The summed E-state index contributed by atoms with van der Waals surface area (Å²) < 4.78 is 5.23. The van der Waals surface area contributed by atoms with Gasteiger partial charge < -0.3 is 4.74 Å². The van der Waals surface area contributed by atoms with Gasteiger partial charge in [0.1, 0.15) is 5.75 Å². The number of rotatable bonds is 4. The van der Waals surface area contributed by atoms with Crippen LogP contribution in [0.5, 0.6) is 5.75 Å². The Morgan fingerprint density at radius 1 is 1.53 bits per heavy atom. The summed E-state index contributed by atoms with van der Waals surface area (Å²) in [6.07, 6.45) is 0.608. The minimum atomic E-state index is -0.129.